The highest BCUT2D eigenvalue weighted by molar-refractivity contribution is 5.07. The number of rotatable bonds is 18. The van der Waals surface area contributed by atoms with Crippen molar-refractivity contribution in [3.8, 4) is 0 Å². The molecular weight excluding hydrogens is 591 g/mol. The molecule has 49 heavy (non-hydrogen) atoms. The Hall–Kier alpha value is -1.60. The second kappa shape index (κ2) is 91.1. The molecule has 1 unspecified atom stereocenters. The average Bonchev–Trinajstić information content (AvgIpc) is 3.13. The molecule has 0 aromatic carbocycles. The minimum Gasteiger partial charge on any atom is -0.323 e. The second-order valence-electron chi connectivity index (χ2n) is 11.3. The molecule has 0 aliphatic rings. The molecule has 1 heteroatoms. The van der Waals surface area contributed by atoms with Gasteiger partial charge >= 0.3 is 0 Å². The van der Waals surface area contributed by atoms with E-state index >= 15 is 0 Å². The van der Waals surface area contributed by atoms with Crippen LogP contribution in [0.1, 0.15) is 214 Å². The van der Waals surface area contributed by atoms with E-state index in [0.717, 1.165) is 5.92 Å². The minimum atomic E-state index is 0.663. The molecule has 0 saturated carbocycles. The fraction of sp³-hybridized carbons (Fsp3) is 0.750. The monoisotopic (exact) mass is 694 g/mol. The van der Waals surface area contributed by atoms with E-state index < -0.39 is 0 Å². The summed E-state index contributed by atoms with van der Waals surface area (Å²) in [6.07, 6.45) is 38.3. The molecule has 0 aromatic rings. The Morgan fingerprint density at radius 2 is 0.878 bits per heavy atom. The van der Waals surface area contributed by atoms with Crippen molar-refractivity contribution in [2.45, 2.75) is 214 Å². The van der Waals surface area contributed by atoms with Crippen LogP contribution in [0.15, 0.2) is 73.4 Å². The van der Waals surface area contributed by atoms with Crippen molar-refractivity contribution in [1.29, 1.82) is 0 Å². The minimum absolute atomic E-state index is 0.663. The summed E-state index contributed by atoms with van der Waals surface area (Å²) < 4.78 is 0. The van der Waals surface area contributed by atoms with Crippen molar-refractivity contribution < 1.29 is 0 Å². The van der Waals surface area contributed by atoms with Crippen LogP contribution in [-0.2, 0) is 0 Å². The summed E-state index contributed by atoms with van der Waals surface area (Å²) in [5.41, 5.74) is 1.45. The van der Waals surface area contributed by atoms with Gasteiger partial charge in [0.15, 0.2) is 0 Å². The van der Waals surface area contributed by atoms with Gasteiger partial charge in [0.1, 0.15) is 0 Å². The summed E-state index contributed by atoms with van der Waals surface area (Å²) in [5, 5.41) is 2.75. The third-order valence-corrected chi connectivity index (χ3v) is 6.17. The Bertz CT molecular complexity index is 548. The third-order valence-electron chi connectivity index (χ3n) is 6.17. The summed E-state index contributed by atoms with van der Waals surface area (Å²) in [6, 6.07) is 0. The molecule has 0 aromatic heterocycles. The van der Waals surface area contributed by atoms with Gasteiger partial charge in [0, 0.05) is 0 Å². The van der Waals surface area contributed by atoms with Crippen molar-refractivity contribution in [3.63, 3.8) is 0 Å². The largest absolute Gasteiger partial charge is 0.323 e. The van der Waals surface area contributed by atoms with E-state index in [1.54, 1.807) is 6.08 Å². The first-order chi connectivity index (χ1) is 23.7. The highest BCUT2D eigenvalue weighted by Crippen LogP contribution is 2.25. The van der Waals surface area contributed by atoms with Crippen LogP contribution < -0.4 is 5.32 Å². The van der Waals surface area contributed by atoms with Gasteiger partial charge < -0.3 is 5.32 Å². The zero-order valence-electron chi connectivity index (χ0n) is 38.4. The van der Waals surface area contributed by atoms with Crippen molar-refractivity contribution in [3.05, 3.63) is 73.4 Å². The Labute approximate surface area is 317 Å². The van der Waals surface area contributed by atoms with E-state index in [1.165, 1.54) is 102 Å². The smallest absolute Gasteiger partial charge is 0.0167 e. The Balaban J connectivity index is -0.0000000647. The van der Waals surface area contributed by atoms with Gasteiger partial charge in [-0.05, 0) is 59.5 Å². The zero-order valence-corrected chi connectivity index (χ0v) is 38.4. The van der Waals surface area contributed by atoms with Crippen LogP contribution in [-0.4, -0.2) is 14.1 Å². The van der Waals surface area contributed by atoms with Crippen LogP contribution in [0.5, 0.6) is 0 Å². The Morgan fingerprint density at radius 1 is 0.531 bits per heavy atom. The van der Waals surface area contributed by atoms with Gasteiger partial charge in [-0.2, -0.15) is 0 Å². The Kier molecular flexibility index (Phi) is 129. The predicted molar refractivity (Wildman–Crippen MR) is 244 cm³/mol. The number of unbranched alkanes of at least 4 members (excludes halogenated alkanes) is 7. The lowest BCUT2D eigenvalue weighted by Gasteiger charge is -2.18. The van der Waals surface area contributed by atoms with E-state index in [4.69, 9.17) is 0 Å². The highest BCUT2D eigenvalue weighted by atomic mass is 14.7. The van der Waals surface area contributed by atoms with Crippen LogP contribution >= 0.6 is 0 Å². The molecular formula is C48H103N. The van der Waals surface area contributed by atoms with E-state index in [1.807, 2.05) is 125 Å². The maximum absolute atomic E-state index is 4.24. The number of hydrogen-bond donors (Lipinski definition) is 1. The van der Waals surface area contributed by atoms with Gasteiger partial charge in [-0.25, -0.2) is 0 Å². The molecule has 0 heterocycles. The summed E-state index contributed by atoms with van der Waals surface area (Å²) in [4.78, 5) is 0. The number of hydrogen-bond acceptors (Lipinski definition) is 1. The van der Waals surface area contributed by atoms with Crippen LogP contribution in [0.4, 0.5) is 0 Å². The van der Waals surface area contributed by atoms with Gasteiger partial charge in [-0.1, -0.05) is 254 Å². The van der Waals surface area contributed by atoms with Crippen molar-refractivity contribution in [2.75, 3.05) is 14.1 Å². The lowest BCUT2D eigenvalue weighted by Crippen LogP contribution is -2.03. The third kappa shape index (κ3) is 122. The predicted octanol–water partition coefficient (Wildman–Crippen LogP) is 18.1. The first-order valence-corrected chi connectivity index (χ1v) is 21.1. The molecule has 300 valence electrons. The fourth-order valence-electron chi connectivity index (χ4n) is 3.29. The molecule has 0 amide bonds. The van der Waals surface area contributed by atoms with Gasteiger partial charge in [-0.15, -0.1) is 0 Å². The normalized spacial score (nSPS) is 9.96. The topological polar surface area (TPSA) is 12.0 Å². The molecule has 0 spiro atoms. The summed E-state index contributed by atoms with van der Waals surface area (Å²) in [5.74, 6) is 1.62. The van der Waals surface area contributed by atoms with E-state index in [0.29, 0.717) is 5.92 Å². The molecule has 0 aliphatic carbocycles. The van der Waals surface area contributed by atoms with Crippen molar-refractivity contribution in [1.82, 2.24) is 5.32 Å². The van der Waals surface area contributed by atoms with Crippen LogP contribution in [0.25, 0.3) is 0 Å². The summed E-state index contributed by atoms with van der Waals surface area (Å²) in [6.45, 7) is 43.5. The molecule has 0 bridgehead atoms. The molecule has 0 saturated heterocycles. The number of allylic oxidation sites excluding steroid dienone is 10. The lowest BCUT2D eigenvalue weighted by atomic mass is 9.88. The van der Waals surface area contributed by atoms with Gasteiger partial charge in [-0.3, -0.25) is 0 Å². The van der Waals surface area contributed by atoms with E-state index in [-0.39, 0.29) is 0 Å². The van der Waals surface area contributed by atoms with Crippen molar-refractivity contribution >= 4 is 0 Å². The summed E-state index contributed by atoms with van der Waals surface area (Å²) in [7, 11) is 3.75. The molecule has 0 fully saturated rings. The molecule has 1 atom stereocenters. The number of nitrogens with one attached hydrogen (secondary N) is 1. The fourth-order valence-corrected chi connectivity index (χ4v) is 3.29. The summed E-state index contributed by atoms with van der Waals surface area (Å²) >= 11 is 0. The van der Waals surface area contributed by atoms with Crippen LogP contribution in [0.2, 0.25) is 0 Å². The van der Waals surface area contributed by atoms with Crippen LogP contribution in [0.3, 0.4) is 0 Å². The highest BCUT2D eigenvalue weighted by Gasteiger charge is 2.10. The second-order valence-corrected chi connectivity index (χ2v) is 11.3. The average molecular weight is 694 g/mol. The van der Waals surface area contributed by atoms with Crippen LogP contribution in [0, 0.1) is 11.8 Å². The molecule has 0 radical (unpaired) electrons. The SMILES string of the molecule is C/C=C\C=C/C.C=C(CCC(CCCC)CCCCCCCC)C(C)C.C=C/C=C\C=C/C.CC.CC.CC.CCC.CCCC.CNC. The first kappa shape index (κ1) is 69.2. The van der Waals surface area contributed by atoms with E-state index in [9.17, 15) is 0 Å². The quantitative estimate of drug-likeness (QED) is 0.0856. The van der Waals surface area contributed by atoms with Gasteiger partial charge in [0.05, 0.1) is 0 Å². The molecule has 0 rings (SSSR count). The Morgan fingerprint density at radius 3 is 1.20 bits per heavy atom. The first-order valence-electron chi connectivity index (χ1n) is 21.1. The maximum atomic E-state index is 4.24. The molecule has 1 nitrogen and oxygen atoms in total. The maximum Gasteiger partial charge on any atom is -0.0167 e. The van der Waals surface area contributed by atoms with Gasteiger partial charge in [0.2, 0.25) is 0 Å². The van der Waals surface area contributed by atoms with Gasteiger partial charge in [0.25, 0.3) is 0 Å². The van der Waals surface area contributed by atoms with Crippen molar-refractivity contribution in [2.24, 2.45) is 11.8 Å². The lowest BCUT2D eigenvalue weighted by molar-refractivity contribution is 0.383. The standard InChI is InChI=1S/C20H40.C7H10.C6H10.C4H10.C3H8.C2H7N.3C2H6/c1-6-8-10-11-12-13-15-20(14-9-7-2)17-16-19(5)18(3)4;1-3-5-7-6-4-2;1-3-5-6-4-2;1-3-4-2;2*1-3-2;3*1-2/h18,20H,5-17H2,1-4H3;3-7H,1H2,2H3;3-6H,1-2H3;3-4H2,1-2H3;3H2,1-2H3;3H,1-2H3;3*1-2H3/b;6-4-,7-5-;5-3-,6-4-;;;;;;. The zero-order chi connectivity index (χ0) is 40.4. The molecule has 1 N–H and O–H groups in total. The van der Waals surface area contributed by atoms with E-state index in [2.05, 4.69) is 73.9 Å². The molecule has 0 aliphatic heterocycles.